The van der Waals surface area contributed by atoms with Crippen molar-refractivity contribution >= 4 is 34.1 Å². The quantitative estimate of drug-likeness (QED) is 0.383. The molecule has 4 rings (SSSR count). The van der Waals surface area contributed by atoms with Crippen molar-refractivity contribution in [1.82, 2.24) is 4.98 Å². The number of halogens is 1. The number of thiazole rings is 1. The Morgan fingerprint density at radius 1 is 1.15 bits per heavy atom. The maximum Gasteiger partial charge on any atom is 0.335 e. The molecule has 12 heteroatoms. The average molecular weight is 513 g/mol. The Bertz CT molecular complexity index is 1300. The zero-order chi connectivity index (χ0) is 23.6. The van der Waals surface area contributed by atoms with Crippen molar-refractivity contribution in [2.24, 2.45) is 0 Å². The number of sulfonamides is 1. The molecule has 33 heavy (non-hydrogen) atoms. The fourth-order valence-electron chi connectivity index (χ4n) is 3.35. The molecule has 0 radical (unpaired) electrons. The first kappa shape index (κ1) is 23.8. The molecule has 0 atom stereocenters. The molecule has 0 unspecified atom stereocenters. The molecule has 1 aromatic heterocycles. The molecule has 0 saturated heterocycles. The molecule has 0 spiro atoms. The number of benzene rings is 2. The standard InChI is InChI=1S/C21H22FN2O6PS2/c1-3-29-31(25,30-4-2)13-14-5-8-16(9-6-14)33(26,27)24-21-23-20-17-11-15(22)7-10-18(17)28-12-19(20)32-21/h5-11H,3-4,12-13H2,1-2H3,(H,23,24). The van der Waals surface area contributed by atoms with Crippen LogP contribution in [0.4, 0.5) is 9.52 Å². The molecule has 0 amide bonds. The van der Waals surface area contributed by atoms with Gasteiger partial charge in [-0.15, -0.1) is 0 Å². The molecule has 2 aromatic carbocycles. The van der Waals surface area contributed by atoms with Gasteiger partial charge in [-0.2, -0.15) is 0 Å². The lowest BCUT2D eigenvalue weighted by atomic mass is 10.1. The van der Waals surface area contributed by atoms with Crippen LogP contribution >= 0.6 is 18.9 Å². The number of hydrogen-bond acceptors (Lipinski definition) is 8. The summed E-state index contributed by atoms with van der Waals surface area (Å²) in [6.45, 7) is 4.17. The molecule has 0 saturated carbocycles. The molecule has 0 aliphatic carbocycles. The van der Waals surface area contributed by atoms with Crippen molar-refractivity contribution in [3.8, 4) is 17.0 Å². The van der Waals surface area contributed by atoms with Crippen molar-refractivity contribution < 1.29 is 31.2 Å². The minimum absolute atomic E-state index is 0.0183. The van der Waals surface area contributed by atoms with E-state index in [1.165, 1.54) is 30.3 Å². The number of fused-ring (bicyclic) bond motifs is 3. The first-order valence-corrected chi connectivity index (χ1v) is 14.2. The van der Waals surface area contributed by atoms with E-state index in [2.05, 4.69) is 9.71 Å². The number of rotatable bonds is 9. The number of ether oxygens (including phenoxy) is 1. The highest BCUT2D eigenvalue weighted by Gasteiger charge is 2.26. The number of hydrogen-bond donors (Lipinski definition) is 1. The van der Waals surface area contributed by atoms with Crippen LogP contribution in [0.2, 0.25) is 0 Å². The van der Waals surface area contributed by atoms with Gasteiger partial charge in [0.15, 0.2) is 5.13 Å². The number of nitrogens with one attached hydrogen (secondary N) is 1. The molecular formula is C21H22FN2O6PS2. The molecule has 1 N–H and O–H groups in total. The highest BCUT2D eigenvalue weighted by Crippen LogP contribution is 2.51. The maximum absolute atomic E-state index is 13.7. The Hall–Kier alpha value is -2.30. The summed E-state index contributed by atoms with van der Waals surface area (Å²) in [5.74, 6) is 0.0641. The van der Waals surface area contributed by atoms with Crippen molar-refractivity contribution in [2.45, 2.75) is 31.5 Å². The Labute approximate surface area is 195 Å². The average Bonchev–Trinajstić information content (AvgIpc) is 3.16. The third-order valence-electron chi connectivity index (χ3n) is 4.74. The highest BCUT2D eigenvalue weighted by molar-refractivity contribution is 7.93. The topological polar surface area (TPSA) is 104 Å². The first-order chi connectivity index (χ1) is 15.7. The van der Waals surface area contributed by atoms with E-state index in [1.54, 1.807) is 26.0 Å². The molecule has 176 valence electrons. The van der Waals surface area contributed by atoms with E-state index in [-0.39, 0.29) is 36.0 Å². The normalized spacial score (nSPS) is 13.2. The van der Waals surface area contributed by atoms with Gasteiger partial charge in [0.05, 0.1) is 34.8 Å². The molecule has 2 heterocycles. The predicted molar refractivity (Wildman–Crippen MR) is 124 cm³/mol. The molecule has 0 fully saturated rings. The Kier molecular flexibility index (Phi) is 6.88. The van der Waals surface area contributed by atoms with Gasteiger partial charge in [0.25, 0.3) is 10.0 Å². The van der Waals surface area contributed by atoms with E-state index in [0.29, 0.717) is 27.4 Å². The maximum atomic E-state index is 13.7. The molecule has 3 aromatic rings. The summed E-state index contributed by atoms with van der Waals surface area (Å²) in [6.07, 6.45) is 0.0393. The molecule has 8 nitrogen and oxygen atoms in total. The van der Waals surface area contributed by atoms with E-state index in [9.17, 15) is 17.4 Å². The monoisotopic (exact) mass is 512 g/mol. The van der Waals surface area contributed by atoms with Gasteiger partial charge in [-0.25, -0.2) is 17.8 Å². The fourth-order valence-corrected chi connectivity index (χ4v) is 7.18. The minimum atomic E-state index is -3.93. The summed E-state index contributed by atoms with van der Waals surface area (Å²) in [5, 5.41) is 0.155. The smallest absolute Gasteiger partial charge is 0.335 e. The third-order valence-corrected chi connectivity index (χ3v) is 9.22. The van der Waals surface area contributed by atoms with E-state index in [0.717, 1.165) is 11.3 Å². The lowest BCUT2D eigenvalue weighted by Gasteiger charge is -2.17. The molecule has 1 aliphatic rings. The van der Waals surface area contributed by atoms with Crippen molar-refractivity contribution in [1.29, 1.82) is 0 Å². The van der Waals surface area contributed by atoms with Crippen LogP contribution in [0, 0.1) is 5.82 Å². The lowest BCUT2D eigenvalue weighted by Crippen LogP contribution is -2.12. The summed E-state index contributed by atoms with van der Waals surface area (Å²) in [6, 6.07) is 10.1. The minimum Gasteiger partial charge on any atom is -0.487 e. The predicted octanol–water partition coefficient (Wildman–Crippen LogP) is 5.41. The van der Waals surface area contributed by atoms with Crippen molar-refractivity contribution in [2.75, 3.05) is 17.9 Å². The summed E-state index contributed by atoms with van der Waals surface area (Å²) in [4.78, 5) is 5.08. The molecule has 1 aliphatic heterocycles. The summed E-state index contributed by atoms with van der Waals surface area (Å²) in [5.41, 5.74) is 1.60. The second-order valence-electron chi connectivity index (χ2n) is 7.07. The summed E-state index contributed by atoms with van der Waals surface area (Å²) < 4.78 is 70.8. The largest absolute Gasteiger partial charge is 0.487 e. The van der Waals surface area contributed by atoms with Gasteiger partial charge in [0.2, 0.25) is 0 Å². The SMILES string of the molecule is CCOP(=O)(Cc1ccc(S(=O)(=O)Nc2nc3c(s2)COc2ccc(F)cc2-3)cc1)OCC. The zero-order valence-electron chi connectivity index (χ0n) is 17.9. The van der Waals surface area contributed by atoms with Crippen molar-refractivity contribution in [3.63, 3.8) is 0 Å². The number of aromatic nitrogens is 1. The van der Waals surface area contributed by atoms with Crippen molar-refractivity contribution in [3.05, 3.63) is 58.7 Å². The second-order valence-corrected chi connectivity index (χ2v) is 11.9. The second kappa shape index (κ2) is 9.52. The van der Waals surface area contributed by atoms with E-state index in [4.69, 9.17) is 13.8 Å². The van der Waals surface area contributed by atoms with Crippen LogP contribution in [0.5, 0.6) is 5.75 Å². The lowest BCUT2D eigenvalue weighted by molar-refractivity contribution is 0.219. The van der Waals surface area contributed by atoms with Gasteiger partial charge in [0, 0.05) is 5.56 Å². The van der Waals surface area contributed by atoms with Gasteiger partial charge in [-0.3, -0.25) is 9.29 Å². The van der Waals surface area contributed by atoms with E-state index >= 15 is 0 Å². The fraction of sp³-hybridized carbons (Fsp3) is 0.286. The van der Waals surface area contributed by atoms with Gasteiger partial charge in [0.1, 0.15) is 18.2 Å². The van der Waals surface area contributed by atoms with Crippen LogP contribution in [0.15, 0.2) is 47.4 Å². The number of nitrogens with zero attached hydrogens (tertiary/aromatic N) is 1. The highest BCUT2D eigenvalue weighted by atomic mass is 32.2. The van der Waals surface area contributed by atoms with Gasteiger partial charge in [-0.05, 0) is 49.7 Å². The first-order valence-electron chi connectivity index (χ1n) is 10.2. The van der Waals surface area contributed by atoms with Crippen LogP contribution in [0.3, 0.4) is 0 Å². The number of anilines is 1. The van der Waals surface area contributed by atoms with Crippen LogP contribution in [-0.4, -0.2) is 26.6 Å². The van der Waals surface area contributed by atoms with E-state index in [1.807, 2.05) is 0 Å². The van der Waals surface area contributed by atoms with Crippen LogP contribution in [0.1, 0.15) is 24.3 Å². The van der Waals surface area contributed by atoms with Gasteiger partial charge >= 0.3 is 7.60 Å². The van der Waals surface area contributed by atoms with Crippen LogP contribution in [0.25, 0.3) is 11.3 Å². The van der Waals surface area contributed by atoms with Crippen LogP contribution in [-0.2, 0) is 36.4 Å². The zero-order valence-corrected chi connectivity index (χ0v) is 20.4. The third kappa shape index (κ3) is 5.28. The Morgan fingerprint density at radius 2 is 1.85 bits per heavy atom. The molecular weight excluding hydrogens is 490 g/mol. The van der Waals surface area contributed by atoms with Gasteiger partial charge < -0.3 is 13.8 Å². The Balaban J connectivity index is 1.53. The van der Waals surface area contributed by atoms with E-state index < -0.39 is 23.4 Å². The summed E-state index contributed by atoms with van der Waals surface area (Å²) >= 11 is 1.13. The Morgan fingerprint density at radius 3 is 2.52 bits per heavy atom. The van der Waals surface area contributed by atoms with Crippen LogP contribution < -0.4 is 9.46 Å². The molecule has 0 bridgehead atoms. The summed E-state index contributed by atoms with van der Waals surface area (Å²) in [7, 11) is -7.23. The van der Waals surface area contributed by atoms with Gasteiger partial charge in [-0.1, -0.05) is 23.5 Å².